The van der Waals surface area contributed by atoms with Crippen molar-refractivity contribution in [2.75, 3.05) is 0 Å². The zero-order chi connectivity index (χ0) is 14.8. The summed E-state index contributed by atoms with van der Waals surface area (Å²) in [4.78, 5) is 16.1. The predicted octanol–water partition coefficient (Wildman–Crippen LogP) is 3.52. The van der Waals surface area contributed by atoms with E-state index in [2.05, 4.69) is 9.72 Å². The zero-order valence-corrected chi connectivity index (χ0v) is 10.4. The number of aryl methyl sites for hydroxylation is 1. The molecule has 0 aliphatic rings. The number of ether oxygens (including phenoxy) is 1. The number of halogens is 3. The lowest BCUT2D eigenvalue weighted by Gasteiger charge is -2.12. The number of carbonyl (C=O) groups excluding carboxylic acids is 1. The number of carbonyl (C=O) groups is 1. The summed E-state index contributed by atoms with van der Waals surface area (Å²) in [5.41, 5.74) is 0.684. The number of benzene rings is 1. The Morgan fingerprint density at radius 1 is 1.20 bits per heavy atom. The van der Waals surface area contributed by atoms with E-state index >= 15 is 0 Å². The Morgan fingerprint density at radius 2 is 1.90 bits per heavy atom. The molecule has 6 heteroatoms. The fraction of sp³-hybridized carbons (Fsp3) is 0.143. The van der Waals surface area contributed by atoms with Crippen LogP contribution in [0.3, 0.4) is 0 Å². The van der Waals surface area contributed by atoms with E-state index in [1.54, 1.807) is 13.0 Å². The molecule has 0 fully saturated rings. The normalized spacial score (nSPS) is 11.2. The molecule has 0 unspecified atom stereocenters. The Bertz CT molecular complexity index is 638. The maximum Gasteiger partial charge on any atom is 0.573 e. The second-order valence-electron chi connectivity index (χ2n) is 4.09. The van der Waals surface area contributed by atoms with Gasteiger partial charge in [-0.2, -0.15) is 0 Å². The van der Waals surface area contributed by atoms with Crippen LogP contribution in [-0.4, -0.2) is 17.1 Å². The lowest BCUT2D eigenvalue weighted by Crippen LogP contribution is -2.19. The Balaban J connectivity index is 2.40. The highest BCUT2D eigenvalue weighted by Crippen LogP contribution is 2.27. The van der Waals surface area contributed by atoms with Crippen molar-refractivity contribution in [1.29, 1.82) is 0 Å². The number of ketones is 1. The molecular formula is C14H10F3NO2. The Morgan fingerprint density at radius 3 is 2.55 bits per heavy atom. The van der Waals surface area contributed by atoms with Gasteiger partial charge in [-0.25, -0.2) is 0 Å². The molecule has 1 aromatic carbocycles. The van der Waals surface area contributed by atoms with Crippen LogP contribution in [0.2, 0.25) is 0 Å². The minimum absolute atomic E-state index is 0.0724. The SMILES string of the molecule is Cc1ccnc(C(=O)c2ccccc2OC(F)(F)F)c1. The molecule has 0 saturated carbocycles. The largest absolute Gasteiger partial charge is 0.573 e. The van der Waals surface area contributed by atoms with Gasteiger partial charge in [-0.05, 0) is 36.8 Å². The van der Waals surface area contributed by atoms with Gasteiger partial charge in [-0.3, -0.25) is 9.78 Å². The number of nitrogens with zero attached hydrogens (tertiary/aromatic N) is 1. The molecule has 2 aromatic rings. The summed E-state index contributed by atoms with van der Waals surface area (Å²) >= 11 is 0. The molecule has 104 valence electrons. The van der Waals surface area contributed by atoms with Gasteiger partial charge in [0.1, 0.15) is 11.4 Å². The summed E-state index contributed by atoms with van der Waals surface area (Å²) in [5.74, 6) is -1.15. The molecule has 1 aromatic heterocycles. The smallest absolute Gasteiger partial charge is 0.405 e. The molecule has 1 heterocycles. The zero-order valence-electron chi connectivity index (χ0n) is 10.4. The van der Waals surface area contributed by atoms with Crippen molar-refractivity contribution in [2.45, 2.75) is 13.3 Å². The van der Waals surface area contributed by atoms with Crippen molar-refractivity contribution in [3.05, 3.63) is 59.4 Å². The van der Waals surface area contributed by atoms with Crippen molar-refractivity contribution in [3.63, 3.8) is 0 Å². The summed E-state index contributed by atoms with van der Waals surface area (Å²) in [6, 6.07) is 8.39. The van der Waals surface area contributed by atoms with Gasteiger partial charge in [0, 0.05) is 6.20 Å². The molecule has 0 atom stereocenters. The predicted molar refractivity (Wildman–Crippen MR) is 65.5 cm³/mol. The molecule has 20 heavy (non-hydrogen) atoms. The maximum absolute atomic E-state index is 12.3. The fourth-order valence-corrected chi connectivity index (χ4v) is 1.67. The number of para-hydroxylation sites is 1. The Kier molecular flexibility index (Phi) is 3.74. The van der Waals surface area contributed by atoms with E-state index in [1.165, 1.54) is 30.5 Å². The topological polar surface area (TPSA) is 39.2 Å². The van der Waals surface area contributed by atoms with Gasteiger partial charge in [0.25, 0.3) is 0 Å². The van der Waals surface area contributed by atoms with Crippen molar-refractivity contribution in [1.82, 2.24) is 4.98 Å². The van der Waals surface area contributed by atoms with Gasteiger partial charge >= 0.3 is 6.36 Å². The quantitative estimate of drug-likeness (QED) is 0.808. The van der Waals surface area contributed by atoms with E-state index in [-0.39, 0.29) is 11.3 Å². The number of pyridine rings is 1. The summed E-state index contributed by atoms with van der Waals surface area (Å²) < 4.78 is 40.8. The molecule has 2 rings (SSSR count). The summed E-state index contributed by atoms with van der Waals surface area (Å²) in [7, 11) is 0. The van der Waals surface area contributed by atoms with Gasteiger partial charge < -0.3 is 4.74 Å². The van der Waals surface area contributed by atoms with Gasteiger partial charge in [0.05, 0.1) is 5.56 Å². The minimum Gasteiger partial charge on any atom is -0.405 e. The highest BCUT2D eigenvalue weighted by molar-refractivity contribution is 6.09. The third-order valence-electron chi connectivity index (χ3n) is 2.51. The lowest BCUT2D eigenvalue weighted by atomic mass is 10.1. The molecule has 0 amide bonds. The van der Waals surface area contributed by atoms with Crippen LogP contribution in [-0.2, 0) is 0 Å². The number of alkyl halides is 3. The summed E-state index contributed by atoms with van der Waals surface area (Å²) in [5, 5.41) is 0. The van der Waals surface area contributed by atoms with E-state index in [4.69, 9.17) is 0 Å². The van der Waals surface area contributed by atoms with Crippen LogP contribution >= 0.6 is 0 Å². The van der Waals surface area contributed by atoms with Crippen LogP contribution in [0.15, 0.2) is 42.6 Å². The number of hydrogen-bond acceptors (Lipinski definition) is 3. The first-order valence-electron chi connectivity index (χ1n) is 5.69. The highest BCUT2D eigenvalue weighted by atomic mass is 19.4. The van der Waals surface area contributed by atoms with Gasteiger partial charge in [-0.1, -0.05) is 12.1 Å². The van der Waals surface area contributed by atoms with Crippen LogP contribution in [0.5, 0.6) is 5.75 Å². The van der Waals surface area contributed by atoms with Crippen molar-refractivity contribution in [2.24, 2.45) is 0 Å². The van der Waals surface area contributed by atoms with Crippen molar-refractivity contribution in [3.8, 4) is 5.75 Å². The average molecular weight is 281 g/mol. The molecule has 0 aliphatic carbocycles. The van der Waals surface area contributed by atoms with Crippen molar-refractivity contribution < 1.29 is 22.7 Å². The van der Waals surface area contributed by atoms with E-state index < -0.39 is 17.9 Å². The monoisotopic (exact) mass is 281 g/mol. The maximum atomic E-state index is 12.3. The minimum atomic E-state index is -4.85. The molecule has 0 saturated heterocycles. The second kappa shape index (κ2) is 5.32. The number of rotatable bonds is 3. The van der Waals surface area contributed by atoms with Crippen LogP contribution in [0, 0.1) is 6.92 Å². The third-order valence-corrected chi connectivity index (χ3v) is 2.51. The van der Waals surface area contributed by atoms with E-state index in [0.717, 1.165) is 11.6 Å². The molecule has 3 nitrogen and oxygen atoms in total. The average Bonchev–Trinajstić information content (AvgIpc) is 2.37. The molecule has 0 N–H and O–H groups in total. The summed E-state index contributed by atoms with van der Waals surface area (Å²) in [6.45, 7) is 1.76. The van der Waals surface area contributed by atoms with Gasteiger partial charge in [0.15, 0.2) is 0 Å². The first-order valence-corrected chi connectivity index (χ1v) is 5.69. The molecular weight excluding hydrogens is 271 g/mol. The highest BCUT2D eigenvalue weighted by Gasteiger charge is 2.33. The first-order chi connectivity index (χ1) is 9.37. The molecule has 0 bridgehead atoms. The van der Waals surface area contributed by atoms with E-state index in [0.29, 0.717) is 0 Å². The van der Waals surface area contributed by atoms with Gasteiger partial charge in [0.2, 0.25) is 5.78 Å². The Hall–Kier alpha value is -2.37. The molecule has 0 spiro atoms. The van der Waals surface area contributed by atoms with Gasteiger partial charge in [-0.15, -0.1) is 13.2 Å². The second-order valence-corrected chi connectivity index (χ2v) is 4.09. The molecule has 0 aliphatic heterocycles. The number of hydrogen-bond donors (Lipinski definition) is 0. The fourth-order valence-electron chi connectivity index (χ4n) is 1.67. The summed E-state index contributed by atoms with van der Waals surface area (Å²) in [6.07, 6.45) is -3.42. The van der Waals surface area contributed by atoms with Crippen molar-refractivity contribution >= 4 is 5.78 Å². The standard InChI is InChI=1S/C14H10F3NO2/c1-9-6-7-18-11(8-9)13(19)10-4-2-3-5-12(10)20-14(15,16)17/h2-8H,1H3. The first kappa shape index (κ1) is 14.0. The third kappa shape index (κ3) is 3.34. The number of aromatic nitrogens is 1. The van der Waals surface area contributed by atoms with E-state index in [9.17, 15) is 18.0 Å². The van der Waals surface area contributed by atoms with E-state index in [1.807, 2.05) is 0 Å². The van der Waals surface area contributed by atoms with Crippen LogP contribution in [0.25, 0.3) is 0 Å². The Labute approximate surface area is 113 Å². The van der Waals surface area contributed by atoms with Crippen LogP contribution < -0.4 is 4.74 Å². The van der Waals surface area contributed by atoms with Crippen LogP contribution in [0.4, 0.5) is 13.2 Å². The molecule has 0 radical (unpaired) electrons. The van der Waals surface area contributed by atoms with Crippen LogP contribution in [0.1, 0.15) is 21.6 Å². The lowest BCUT2D eigenvalue weighted by molar-refractivity contribution is -0.274.